The molecule has 5 heteroatoms. The van der Waals surface area contributed by atoms with E-state index >= 15 is 0 Å². The van der Waals surface area contributed by atoms with Crippen LogP contribution in [-0.4, -0.2) is 24.1 Å². The number of benzene rings is 8. The maximum absolute atomic E-state index is 5.38. The van der Waals surface area contributed by atoms with Crippen molar-refractivity contribution in [3.8, 4) is 34.4 Å². The summed E-state index contributed by atoms with van der Waals surface area (Å²) in [5.74, 6) is 1.87. The fraction of sp³-hybridized carbons (Fsp3) is 0.145. The zero-order valence-electron chi connectivity index (χ0n) is 34.2. The summed E-state index contributed by atoms with van der Waals surface area (Å²) in [5, 5.41) is 9.67. The minimum atomic E-state index is 0.0483. The molecule has 11 aromatic rings. The average molecular weight is 774 g/mol. The molecule has 0 saturated carbocycles. The Hall–Kier alpha value is -7.11. The number of fused-ring (bicyclic) bond motifs is 11. The predicted octanol–water partition coefficient (Wildman–Crippen LogP) is 14.1. The van der Waals surface area contributed by atoms with Gasteiger partial charge in [-0.05, 0) is 105 Å². The number of nitrogens with zero attached hydrogens (tertiary/aromatic N) is 5. The van der Waals surface area contributed by atoms with Gasteiger partial charge in [0.25, 0.3) is 0 Å². The molecule has 0 unspecified atom stereocenters. The molecule has 3 aromatic heterocycles. The van der Waals surface area contributed by atoms with E-state index in [4.69, 9.17) is 15.0 Å². The number of hydrogen-bond acceptors (Lipinski definition) is 3. The SMILES string of the molecule is CC1(C)CCC(C)(C)c2cc3c(cc21)c1c2c4c5ccccc5ccc4n(-c4nc(-c5ccccc5)nc(-c5ccc6ccccc6c5)n4)c2ccc1n3-c1ccccc1. The highest BCUT2D eigenvalue weighted by Gasteiger charge is 2.38. The highest BCUT2D eigenvalue weighted by atomic mass is 15.2. The van der Waals surface area contributed by atoms with E-state index in [0.29, 0.717) is 17.6 Å². The molecule has 3 heterocycles. The van der Waals surface area contributed by atoms with Gasteiger partial charge in [0, 0.05) is 38.4 Å². The van der Waals surface area contributed by atoms with Gasteiger partial charge in [0.15, 0.2) is 11.6 Å². The third-order valence-corrected chi connectivity index (χ3v) is 13.4. The summed E-state index contributed by atoms with van der Waals surface area (Å²) < 4.78 is 4.77. The quantitative estimate of drug-likeness (QED) is 0.179. The lowest BCUT2D eigenvalue weighted by Gasteiger charge is -2.42. The van der Waals surface area contributed by atoms with Crippen molar-refractivity contribution >= 4 is 65.2 Å². The molecule has 0 aliphatic heterocycles. The van der Waals surface area contributed by atoms with Crippen molar-refractivity contribution in [1.82, 2.24) is 24.1 Å². The molecule has 0 spiro atoms. The van der Waals surface area contributed by atoms with E-state index in [0.717, 1.165) is 46.1 Å². The summed E-state index contributed by atoms with van der Waals surface area (Å²) in [6.07, 6.45) is 2.31. The van der Waals surface area contributed by atoms with Gasteiger partial charge in [-0.25, -0.2) is 4.98 Å². The smallest absolute Gasteiger partial charge is 0.238 e. The van der Waals surface area contributed by atoms with Crippen molar-refractivity contribution in [2.45, 2.75) is 51.4 Å². The Morgan fingerprint density at radius 1 is 0.400 bits per heavy atom. The highest BCUT2D eigenvalue weighted by Crippen LogP contribution is 2.50. The molecular weight excluding hydrogens is 731 g/mol. The van der Waals surface area contributed by atoms with E-state index in [1.807, 2.05) is 18.2 Å². The normalized spacial score (nSPS) is 14.8. The topological polar surface area (TPSA) is 48.5 Å². The molecule has 0 N–H and O–H groups in total. The molecule has 0 bridgehead atoms. The molecule has 1 aliphatic carbocycles. The lowest BCUT2D eigenvalue weighted by Crippen LogP contribution is -2.33. The Kier molecular flexibility index (Phi) is 7.38. The van der Waals surface area contributed by atoms with E-state index in [-0.39, 0.29) is 10.8 Å². The molecule has 0 atom stereocenters. The van der Waals surface area contributed by atoms with Crippen LogP contribution >= 0.6 is 0 Å². The van der Waals surface area contributed by atoms with E-state index in [1.165, 1.54) is 59.9 Å². The number of hydrogen-bond donors (Lipinski definition) is 0. The second kappa shape index (κ2) is 12.7. The molecule has 60 heavy (non-hydrogen) atoms. The van der Waals surface area contributed by atoms with Crippen molar-refractivity contribution < 1.29 is 0 Å². The average Bonchev–Trinajstić information content (AvgIpc) is 3.80. The first-order valence-electron chi connectivity index (χ1n) is 21.1. The van der Waals surface area contributed by atoms with E-state index < -0.39 is 0 Å². The van der Waals surface area contributed by atoms with E-state index in [2.05, 4.69) is 182 Å². The van der Waals surface area contributed by atoms with Gasteiger partial charge < -0.3 is 4.57 Å². The van der Waals surface area contributed by atoms with Gasteiger partial charge in [-0.3, -0.25) is 4.57 Å². The van der Waals surface area contributed by atoms with Crippen LogP contribution in [0.5, 0.6) is 0 Å². The summed E-state index contributed by atoms with van der Waals surface area (Å²) in [7, 11) is 0. The third-order valence-electron chi connectivity index (χ3n) is 13.4. The maximum Gasteiger partial charge on any atom is 0.238 e. The molecule has 8 aromatic carbocycles. The first-order valence-corrected chi connectivity index (χ1v) is 21.1. The molecule has 0 radical (unpaired) electrons. The van der Waals surface area contributed by atoms with E-state index in [1.54, 1.807) is 0 Å². The van der Waals surface area contributed by atoms with Crippen molar-refractivity contribution in [2.75, 3.05) is 0 Å². The number of aromatic nitrogens is 5. The first kappa shape index (κ1) is 34.9. The van der Waals surface area contributed by atoms with E-state index in [9.17, 15) is 0 Å². The standard InChI is InChI=1S/C55H43N5/c1-54(2)29-30-55(3,4)43-33-47-41(32-42(43)54)49-44(59(47)39-20-9-6-10-21-39)27-28-46-50(49)48-40-22-14-13-16-35(40)25-26-45(48)60(46)53-57-51(36-17-7-5-8-18-36)56-52(58-53)38-24-23-34-15-11-12-19-37(34)31-38/h5-28,31-33H,29-30H2,1-4H3. The van der Waals surface area contributed by atoms with Crippen LogP contribution in [-0.2, 0) is 10.8 Å². The van der Waals surface area contributed by atoms with Gasteiger partial charge in [0.1, 0.15) is 0 Å². The summed E-state index contributed by atoms with van der Waals surface area (Å²) in [6, 6.07) is 59.0. The molecule has 12 rings (SSSR count). The summed E-state index contributed by atoms with van der Waals surface area (Å²) in [4.78, 5) is 15.9. The monoisotopic (exact) mass is 773 g/mol. The van der Waals surface area contributed by atoms with Crippen LogP contribution in [0.3, 0.4) is 0 Å². The molecule has 0 fully saturated rings. The largest absolute Gasteiger partial charge is 0.309 e. The lowest BCUT2D eigenvalue weighted by atomic mass is 9.63. The third kappa shape index (κ3) is 5.15. The molecule has 5 nitrogen and oxygen atoms in total. The highest BCUT2D eigenvalue weighted by molar-refractivity contribution is 6.33. The minimum absolute atomic E-state index is 0.0483. The van der Waals surface area contributed by atoms with Crippen LogP contribution in [0.4, 0.5) is 0 Å². The fourth-order valence-electron chi connectivity index (χ4n) is 10.1. The Labute approximate surface area is 348 Å². The molecule has 0 saturated heterocycles. The van der Waals surface area contributed by atoms with Crippen molar-refractivity contribution in [2.24, 2.45) is 0 Å². The summed E-state index contributed by atoms with van der Waals surface area (Å²) in [6.45, 7) is 9.70. The molecule has 288 valence electrons. The predicted molar refractivity (Wildman–Crippen MR) is 250 cm³/mol. The maximum atomic E-state index is 5.38. The van der Waals surface area contributed by atoms with Gasteiger partial charge >= 0.3 is 0 Å². The van der Waals surface area contributed by atoms with Crippen LogP contribution in [0.15, 0.2) is 164 Å². The Morgan fingerprint density at radius 3 is 1.70 bits per heavy atom. The van der Waals surface area contributed by atoms with Gasteiger partial charge in [-0.1, -0.05) is 143 Å². The summed E-state index contributed by atoms with van der Waals surface area (Å²) >= 11 is 0. The molecule has 0 amide bonds. The molecule has 1 aliphatic rings. The van der Waals surface area contributed by atoms with Gasteiger partial charge in [-0.2, -0.15) is 9.97 Å². The second-order valence-electron chi connectivity index (χ2n) is 17.9. The van der Waals surface area contributed by atoms with Crippen LogP contribution in [0.2, 0.25) is 0 Å². The van der Waals surface area contributed by atoms with Crippen molar-refractivity contribution in [1.29, 1.82) is 0 Å². The lowest BCUT2D eigenvalue weighted by molar-refractivity contribution is 0.332. The van der Waals surface area contributed by atoms with Crippen molar-refractivity contribution in [3.63, 3.8) is 0 Å². The van der Waals surface area contributed by atoms with Gasteiger partial charge in [-0.15, -0.1) is 0 Å². The minimum Gasteiger partial charge on any atom is -0.309 e. The van der Waals surface area contributed by atoms with Crippen LogP contribution in [0.25, 0.3) is 99.6 Å². The second-order valence-corrected chi connectivity index (χ2v) is 17.9. The van der Waals surface area contributed by atoms with Crippen molar-refractivity contribution in [3.05, 3.63) is 175 Å². The first-order chi connectivity index (χ1) is 29.2. The zero-order valence-corrected chi connectivity index (χ0v) is 34.2. The van der Waals surface area contributed by atoms with Crippen LogP contribution < -0.4 is 0 Å². The number of para-hydroxylation sites is 1. The number of rotatable bonds is 4. The molecular formula is C55H43N5. The Balaban J connectivity index is 1.25. The van der Waals surface area contributed by atoms with Crippen LogP contribution in [0.1, 0.15) is 51.7 Å². The van der Waals surface area contributed by atoms with Gasteiger partial charge in [0.2, 0.25) is 5.95 Å². The summed E-state index contributed by atoms with van der Waals surface area (Å²) in [5.41, 5.74) is 10.6. The van der Waals surface area contributed by atoms with Crippen LogP contribution in [0, 0.1) is 0 Å². The zero-order chi connectivity index (χ0) is 40.3. The Morgan fingerprint density at radius 2 is 0.950 bits per heavy atom. The van der Waals surface area contributed by atoms with Gasteiger partial charge in [0.05, 0.1) is 22.1 Å². The fourth-order valence-corrected chi connectivity index (χ4v) is 10.1. The Bertz CT molecular complexity index is 3540.